The van der Waals surface area contributed by atoms with Crippen molar-refractivity contribution in [1.29, 1.82) is 0 Å². The molecule has 0 radical (unpaired) electrons. The Morgan fingerprint density at radius 2 is 1.40 bits per heavy atom. The summed E-state index contributed by atoms with van der Waals surface area (Å²) in [4.78, 5) is 14.8. The number of carbonyl (C=O) groups excluding carboxylic acids is 1. The Morgan fingerprint density at radius 3 is 2.16 bits per heavy atom. The third kappa shape index (κ3) is 3.17. The van der Waals surface area contributed by atoms with E-state index in [1.54, 1.807) is 6.08 Å². The third-order valence-electron chi connectivity index (χ3n) is 4.27. The van der Waals surface area contributed by atoms with E-state index in [0.717, 1.165) is 28.2 Å². The molecule has 25 heavy (non-hydrogen) atoms. The van der Waals surface area contributed by atoms with Crippen LogP contribution in [0.25, 0.3) is 5.70 Å². The predicted molar refractivity (Wildman–Crippen MR) is 102 cm³/mol. The molecule has 4 rings (SSSR count). The second kappa shape index (κ2) is 6.65. The number of rotatable bonds is 3. The molecule has 122 valence electrons. The Bertz CT molecular complexity index is 917. The summed E-state index contributed by atoms with van der Waals surface area (Å²) < 4.78 is 0. The summed E-state index contributed by atoms with van der Waals surface area (Å²) in [5.74, 6) is -0.0276. The summed E-state index contributed by atoms with van der Waals surface area (Å²) in [6.07, 6.45) is 1.68. The van der Waals surface area contributed by atoms with Gasteiger partial charge in [-0.15, -0.1) is 0 Å². The summed E-state index contributed by atoms with van der Waals surface area (Å²) in [5, 5.41) is 3.42. The van der Waals surface area contributed by atoms with Gasteiger partial charge >= 0.3 is 0 Å². The summed E-state index contributed by atoms with van der Waals surface area (Å²) in [6, 6.07) is 27.9. The molecular formula is C22H18N2O. The normalized spacial score (nSPS) is 13.5. The SMILES string of the molecule is O=C1C=C(c2ccccc2)Nc2ccccc2N1Cc1ccccc1. The van der Waals surface area contributed by atoms with Crippen LogP contribution in [-0.2, 0) is 11.3 Å². The van der Waals surface area contributed by atoms with E-state index in [1.165, 1.54) is 0 Å². The second-order valence-electron chi connectivity index (χ2n) is 5.98. The predicted octanol–water partition coefficient (Wildman–Crippen LogP) is 4.69. The molecule has 0 saturated heterocycles. The van der Waals surface area contributed by atoms with Crippen LogP contribution < -0.4 is 10.2 Å². The van der Waals surface area contributed by atoms with Crippen LogP contribution in [0.2, 0.25) is 0 Å². The lowest BCUT2D eigenvalue weighted by Crippen LogP contribution is -2.28. The molecule has 3 aromatic carbocycles. The van der Waals surface area contributed by atoms with Crippen LogP contribution >= 0.6 is 0 Å². The van der Waals surface area contributed by atoms with E-state index in [2.05, 4.69) is 5.32 Å². The van der Waals surface area contributed by atoms with Gasteiger partial charge in [0.25, 0.3) is 5.91 Å². The fourth-order valence-electron chi connectivity index (χ4n) is 3.02. The van der Waals surface area contributed by atoms with Gasteiger partial charge in [0.05, 0.1) is 23.6 Å². The number of hydrogen-bond acceptors (Lipinski definition) is 2. The van der Waals surface area contributed by atoms with Crippen LogP contribution in [0.15, 0.2) is 91.0 Å². The number of para-hydroxylation sites is 2. The highest BCUT2D eigenvalue weighted by atomic mass is 16.2. The molecule has 0 spiro atoms. The molecule has 1 aliphatic rings. The van der Waals surface area contributed by atoms with E-state index < -0.39 is 0 Å². The fourth-order valence-corrected chi connectivity index (χ4v) is 3.02. The highest BCUT2D eigenvalue weighted by Gasteiger charge is 2.22. The molecule has 0 bridgehead atoms. The minimum atomic E-state index is -0.0276. The molecule has 1 heterocycles. The van der Waals surface area contributed by atoms with Crippen molar-refractivity contribution in [2.75, 3.05) is 10.2 Å². The number of anilines is 2. The monoisotopic (exact) mass is 326 g/mol. The first-order valence-electron chi connectivity index (χ1n) is 8.30. The molecular weight excluding hydrogens is 308 g/mol. The average Bonchev–Trinajstić information content (AvgIpc) is 2.80. The van der Waals surface area contributed by atoms with Crippen LogP contribution in [0.4, 0.5) is 11.4 Å². The average molecular weight is 326 g/mol. The van der Waals surface area contributed by atoms with E-state index in [0.29, 0.717) is 6.54 Å². The Kier molecular flexibility index (Phi) is 4.05. The van der Waals surface area contributed by atoms with Gasteiger partial charge in [-0.3, -0.25) is 4.79 Å². The summed E-state index contributed by atoms with van der Waals surface area (Å²) in [5.41, 5.74) is 4.72. The standard InChI is InChI=1S/C22H18N2O/c25-22-15-20(18-11-5-2-6-12-18)23-19-13-7-8-14-21(19)24(22)16-17-9-3-1-4-10-17/h1-15,23H,16H2. The van der Waals surface area contributed by atoms with Gasteiger partial charge in [0.15, 0.2) is 0 Å². The smallest absolute Gasteiger partial charge is 0.253 e. The summed E-state index contributed by atoms with van der Waals surface area (Å²) in [6.45, 7) is 0.539. The van der Waals surface area contributed by atoms with Gasteiger partial charge in [-0.1, -0.05) is 72.8 Å². The van der Waals surface area contributed by atoms with Gasteiger partial charge in [-0.25, -0.2) is 0 Å². The molecule has 1 N–H and O–H groups in total. The van der Waals surface area contributed by atoms with Crippen molar-refractivity contribution in [3.63, 3.8) is 0 Å². The molecule has 3 heteroatoms. The number of hydrogen-bond donors (Lipinski definition) is 1. The van der Waals surface area contributed by atoms with Crippen molar-refractivity contribution >= 4 is 23.0 Å². The minimum absolute atomic E-state index is 0.0276. The summed E-state index contributed by atoms with van der Waals surface area (Å²) in [7, 11) is 0. The van der Waals surface area contributed by atoms with Gasteiger partial charge in [0.2, 0.25) is 0 Å². The molecule has 3 nitrogen and oxygen atoms in total. The Hall–Kier alpha value is -3.33. The first-order chi connectivity index (χ1) is 12.3. The van der Waals surface area contributed by atoms with Crippen LogP contribution in [-0.4, -0.2) is 5.91 Å². The lowest BCUT2D eigenvalue weighted by Gasteiger charge is -2.22. The van der Waals surface area contributed by atoms with Crippen LogP contribution in [0.3, 0.4) is 0 Å². The molecule has 3 aromatic rings. The van der Waals surface area contributed by atoms with Gasteiger partial charge in [-0.05, 0) is 23.3 Å². The topological polar surface area (TPSA) is 32.3 Å². The van der Waals surface area contributed by atoms with Crippen molar-refractivity contribution in [2.24, 2.45) is 0 Å². The quantitative estimate of drug-likeness (QED) is 0.757. The number of benzene rings is 3. The maximum atomic E-state index is 13.0. The van der Waals surface area contributed by atoms with Crippen molar-refractivity contribution in [2.45, 2.75) is 6.54 Å². The maximum absolute atomic E-state index is 13.0. The fraction of sp³-hybridized carbons (Fsp3) is 0.0455. The summed E-state index contributed by atoms with van der Waals surface area (Å²) >= 11 is 0. The molecule has 0 fully saturated rings. The van der Waals surface area contributed by atoms with Gasteiger partial charge in [0, 0.05) is 6.08 Å². The van der Waals surface area contributed by atoms with E-state index in [1.807, 2.05) is 89.8 Å². The zero-order chi connectivity index (χ0) is 17.1. The largest absolute Gasteiger partial charge is 0.353 e. The third-order valence-corrected chi connectivity index (χ3v) is 4.27. The van der Waals surface area contributed by atoms with Gasteiger partial charge in [0.1, 0.15) is 0 Å². The highest BCUT2D eigenvalue weighted by Crippen LogP contribution is 2.33. The molecule has 1 aliphatic heterocycles. The number of fused-ring (bicyclic) bond motifs is 1. The Labute approximate surface area is 147 Å². The van der Waals surface area contributed by atoms with Gasteiger partial charge < -0.3 is 10.2 Å². The number of amides is 1. The number of carbonyl (C=O) groups is 1. The molecule has 0 aliphatic carbocycles. The number of nitrogens with zero attached hydrogens (tertiary/aromatic N) is 1. The first-order valence-corrected chi connectivity index (χ1v) is 8.30. The van der Waals surface area contributed by atoms with Crippen LogP contribution in [0.1, 0.15) is 11.1 Å². The Morgan fingerprint density at radius 1 is 0.760 bits per heavy atom. The van der Waals surface area contributed by atoms with Gasteiger partial charge in [-0.2, -0.15) is 0 Å². The highest BCUT2D eigenvalue weighted by molar-refractivity contribution is 6.11. The molecule has 0 aromatic heterocycles. The maximum Gasteiger partial charge on any atom is 0.253 e. The molecule has 1 amide bonds. The Balaban J connectivity index is 1.77. The van der Waals surface area contributed by atoms with Crippen molar-refractivity contribution < 1.29 is 4.79 Å². The lowest BCUT2D eigenvalue weighted by atomic mass is 10.1. The van der Waals surface area contributed by atoms with E-state index in [4.69, 9.17) is 0 Å². The zero-order valence-electron chi connectivity index (χ0n) is 13.7. The second-order valence-corrected chi connectivity index (χ2v) is 5.98. The van der Waals surface area contributed by atoms with Crippen molar-refractivity contribution in [1.82, 2.24) is 0 Å². The molecule has 0 atom stereocenters. The molecule has 0 saturated carbocycles. The molecule has 0 unspecified atom stereocenters. The lowest BCUT2D eigenvalue weighted by molar-refractivity contribution is -0.114. The van der Waals surface area contributed by atoms with Crippen LogP contribution in [0, 0.1) is 0 Å². The van der Waals surface area contributed by atoms with E-state index in [-0.39, 0.29) is 5.91 Å². The van der Waals surface area contributed by atoms with Crippen LogP contribution in [0.5, 0.6) is 0 Å². The first kappa shape index (κ1) is 15.2. The number of nitrogens with one attached hydrogen (secondary N) is 1. The zero-order valence-corrected chi connectivity index (χ0v) is 13.7. The van der Waals surface area contributed by atoms with E-state index in [9.17, 15) is 4.79 Å². The van der Waals surface area contributed by atoms with E-state index >= 15 is 0 Å². The van der Waals surface area contributed by atoms with Crippen molar-refractivity contribution in [3.8, 4) is 0 Å². The minimum Gasteiger partial charge on any atom is -0.353 e. The van der Waals surface area contributed by atoms with Crippen molar-refractivity contribution in [3.05, 3.63) is 102 Å².